The standard InChI is InChI=1S/C25H26N2O6/c1-17-12-13-20(31-2)19(16-17)27-25(30)23(18-8-4-3-5-9-18)33-22(28)11-6-14-26-24(29)21-10-7-15-32-21/h3-5,7-10,12-13,15-16,23H,6,11,14H2,1-2H3,(H,26,29)(H,27,30). The van der Waals surface area contributed by atoms with Crippen LogP contribution in [-0.2, 0) is 14.3 Å². The first-order valence-electron chi connectivity index (χ1n) is 10.5. The second kappa shape index (κ2) is 11.5. The van der Waals surface area contributed by atoms with E-state index in [1.807, 2.05) is 19.1 Å². The number of esters is 1. The maximum absolute atomic E-state index is 13.1. The molecule has 1 heterocycles. The number of ether oxygens (including phenoxy) is 2. The van der Waals surface area contributed by atoms with Crippen LogP contribution >= 0.6 is 0 Å². The number of hydrogen-bond acceptors (Lipinski definition) is 6. The van der Waals surface area contributed by atoms with E-state index in [-0.39, 0.29) is 24.6 Å². The van der Waals surface area contributed by atoms with Crippen LogP contribution in [0.4, 0.5) is 5.69 Å². The minimum Gasteiger partial charge on any atom is -0.495 e. The summed E-state index contributed by atoms with van der Waals surface area (Å²) in [4.78, 5) is 37.4. The van der Waals surface area contributed by atoms with Crippen molar-refractivity contribution in [1.29, 1.82) is 0 Å². The van der Waals surface area contributed by atoms with Crippen molar-refractivity contribution in [3.05, 3.63) is 83.8 Å². The molecule has 0 aliphatic heterocycles. The molecule has 0 spiro atoms. The first-order chi connectivity index (χ1) is 16.0. The van der Waals surface area contributed by atoms with E-state index in [0.717, 1.165) is 5.56 Å². The lowest BCUT2D eigenvalue weighted by molar-refractivity contribution is -0.154. The van der Waals surface area contributed by atoms with E-state index in [0.29, 0.717) is 23.4 Å². The molecule has 0 aliphatic rings. The lowest BCUT2D eigenvalue weighted by Crippen LogP contribution is -2.27. The summed E-state index contributed by atoms with van der Waals surface area (Å²) in [5.74, 6) is -0.710. The Labute approximate surface area is 191 Å². The van der Waals surface area contributed by atoms with E-state index in [9.17, 15) is 14.4 Å². The largest absolute Gasteiger partial charge is 0.495 e. The predicted octanol–water partition coefficient (Wildman–Crippen LogP) is 4.03. The summed E-state index contributed by atoms with van der Waals surface area (Å²) in [7, 11) is 1.51. The van der Waals surface area contributed by atoms with Crippen molar-refractivity contribution >= 4 is 23.5 Å². The van der Waals surface area contributed by atoms with Gasteiger partial charge in [0.05, 0.1) is 19.1 Å². The van der Waals surface area contributed by atoms with Gasteiger partial charge >= 0.3 is 5.97 Å². The van der Waals surface area contributed by atoms with Gasteiger partial charge in [0.15, 0.2) is 5.76 Å². The van der Waals surface area contributed by atoms with Gasteiger partial charge < -0.3 is 24.5 Å². The minimum absolute atomic E-state index is 0.0306. The fourth-order valence-corrected chi connectivity index (χ4v) is 3.14. The highest BCUT2D eigenvalue weighted by molar-refractivity contribution is 5.97. The molecule has 1 atom stereocenters. The average Bonchev–Trinajstić information content (AvgIpc) is 3.36. The summed E-state index contributed by atoms with van der Waals surface area (Å²) in [6, 6.07) is 17.3. The molecule has 2 N–H and O–H groups in total. The number of nitrogens with one attached hydrogen (secondary N) is 2. The van der Waals surface area contributed by atoms with Crippen LogP contribution in [0, 0.1) is 6.92 Å². The van der Waals surface area contributed by atoms with E-state index < -0.39 is 18.0 Å². The summed E-state index contributed by atoms with van der Waals surface area (Å²) < 4.78 is 15.9. The average molecular weight is 450 g/mol. The minimum atomic E-state index is -1.14. The molecule has 2 aromatic carbocycles. The van der Waals surface area contributed by atoms with Gasteiger partial charge in [0.1, 0.15) is 5.75 Å². The Morgan fingerprint density at radius 3 is 2.52 bits per heavy atom. The summed E-state index contributed by atoms with van der Waals surface area (Å²) in [5.41, 5.74) is 1.97. The number of aryl methyl sites for hydroxylation is 1. The van der Waals surface area contributed by atoms with E-state index in [2.05, 4.69) is 10.6 Å². The predicted molar refractivity (Wildman–Crippen MR) is 122 cm³/mol. The number of carbonyl (C=O) groups excluding carboxylic acids is 3. The highest BCUT2D eigenvalue weighted by Gasteiger charge is 2.26. The van der Waals surface area contributed by atoms with Gasteiger partial charge in [-0.1, -0.05) is 36.4 Å². The molecule has 172 valence electrons. The molecule has 0 saturated heterocycles. The lowest BCUT2D eigenvalue weighted by Gasteiger charge is -2.19. The number of furan rings is 1. The number of amides is 2. The molecule has 2 amide bonds. The highest BCUT2D eigenvalue weighted by Crippen LogP contribution is 2.28. The van der Waals surface area contributed by atoms with Crippen LogP contribution in [0.1, 0.15) is 40.6 Å². The maximum Gasteiger partial charge on any atom is 0.306 e. The Bertz CT molecular complexity index is 1080. The number of anilines is 1. The molecule has 1 aromatic heterocycles. The number of methoxy groups -OCH3 is 1. The third-order valence-electron chi connectivity index (χ3n) is 4.79. The molecular formula is C25H26N2O6. The van der Waals surface area contributed by atoms with Crippen molar-refractivity contribution < 1.29 is 28.3 Å². The Morgan fingerprint density at radius 1 is 1.03 bits per heavy atom. The van der Waals surface area contributed by atoms with Gasteiger partial charge in [-0.15, -0.1) is 0 Å². The molecular weight excluding hydrogens is 424 g/mol. The molecule has 8 heteroatoms. The van der Waals surface area contributed by atoms with Crippen LogP contribution in [-0.4, -0.2) is 31.4 Å². The SMILES string of the molecule is COc1ccc(C)cc1NC(=O)C(OC(=O)CCCNC(=O)c1ccco1)c1ccccc1. The van der Waals surface area contributed by atoms with Crippen molar-refractivity contribution in [1.82, 2.24) is 5.32 Å². The smallest absolute Gasteiger partial charge is 0.306 e. The van der Waals surface area contributed by atoms with Crippen molar-refractivity contribution in [3.8, 4) is 5.75 Å². The van der Waals surface area contributed by atoms with Crippen molar-refractivity contribution in [2.24, 2.45) is 0 Å². The van der Waals surface area contributed by atoms with E-state index in [4.69, 9.17) is 13.9 Å². The number of benzene rings is 2. The second-order valence-corrected chi connectivity index (χ2v) is 7.31. The van der Waals surface area contributed by atoms with Crippen LogP contribution in [0.3, 0.4) is 0 Å². The molecule has 1 unspecified atom stereocenters. The first-order valence-corrected chi connectivity index (χ1v) is 10.5. The Balaban J connectivity index is 1.61. The quantitative estimate of drug-likeness (QED) is 0.357. The molecule has 3 aromatic rings. The van der Waals surface area contributed by atoms with Crippen LogP contribution < -0.4 is 15.4 Å². The van der Waals surface area contributed by atoms with E-state index >= 15 is 0 Å². The monoisotopic (exact) mass is 450 g/mol. The molecule has 0 aliphatic carbocycles. The van der Waals surface area contributed by atoms with Crippen molar-refractivity contribution in [3.63, 3.8) is 0 Å². The topological polar surface area (TPSA) is 107 Å². The zero-order chi connectivity index (χ0) is 23.6. The summed E-state index contributed by atoms with van der Waals surface area (Å²) in [6.07, 6.45) is 0.651. The Morgan fingerprint density at radius 2 is 1.82 bits per heavy atom. The van der Waals surface area contributed by atoms with Crippen molar-refractivity contribution in [2.75, 3.05) is 19.0 Å². The van der Waals surface area contributed by atoms with Gasteiger partial charge in [0.2, 0.25) is 6.10 Å². The van der Waals surface area contributed by atoms with Gasteiger partial charge in [0.25, 0.3) is 11.8 Å². The second-order valence-electron chi connectivity index (χ2n) is 7.31. The van der Waals surface area contributed by atoms with Crippen LogP contribution in [0.25, 0.3) is 0 Å². The van der Waals surface area contributed by atoms with Gasteiger partial charge in [-0.2, -0.15) is 0 Å². The first kappa shape index (κ1) is 23.6. The highest BCUT2D eigenvalue weighted by atomic mass is 16.5. The van der Waals surface area contributed by atoms with E-state index in [1.165, 1.54) is 13.4 Å². The molecule has 0 bridgehead atoms. The van der Waals surface area contributed by atoms with Crippen LogP contribution in [0.5, 0.6) is 5.75 Å². The van der Waals surface area contributed by atoms with Crippen molar-refractivity contribution in [2.45, 2.75) is 25.9 Å². The Hall–Kier alpha value is -4.07. The number of hydrogen-bond donors (Lipinski definition) is 2. The number of rotatable bonds is 10. The summed E-state index contributed by atoms with van der Waals surface area (Å²) in [5, 5.41) is 5.46. The number of carbonyl (C=O) groups is 3. The zero-order valence-corrected chi connectivity index (χ0v) is 18.5. The molecule has 0 fully saturated rings. The molecule has 0 saturated carbocycles. The van der Waals surface area contributed by atoms with Gasteiger partial charge in [0, 0.05) is 18.5 Å². The van der Waals surface area contributed by atoms with Gasteiger partial charge in [-0.05, 0) is 43.2 Å². The molecule has 8 nitrogen and oxygen atoms in total. The molecule has 0 radical (unpaired) electrons. The van der Waals surface area contributed by atoms with Crippen LogP contribution in [0.15, 0.2) is 71.3 Å². The molecule has 33 heavy (non-hydrogen) atoms. The molecule has 3 rings (SSSR count). The maximum atomic E-state index is 13.1. The fourth-order valence-electron chi connectivity index (χ4n) is 3.14. The summed E-state index contributed by atoms with van der Waals surface area (Å²) >= 11 is 0. The normalized spacial score (nSPS) is 11.3. The lowest BCUT2D eigenvalue weighted by atomic mass is 10.1. The third-order valence-corrected chi connectivity index (χ3v) is 4.79. The van der Waals surface area contributed by atoms with Gasteiger partial charge in [-0.25, -0.2) is 0 Å². The zero-order valence-electron chi connectivity index (χ0n) is 18.5. The summed E-state index contributed by atoms with van der Waals surface area (Å²) in [6.45, 7) is 2.16. The Kier molecular flexibility index (Phi) is 8.24. The fraction of sp³-hybridized carbons (Fsp3) is 0.240. The van der Waals surface area contributed by atoms with Gasteiger partial charge in [-0.3, -0.25) is 14.4 Å². The van der Waals surface area contributed by atoms with E-state index in [1.54, 1.807) is 48.5 Å². The van der Waals surface area contributed by atoms with Crippen LogP contribution in [0.2, 0.25) is 0 Å². The third kappa shape index (κ3) is 6.70.